The Morgan fingerprint density at radius 2 is 0.439 bits per heavy atom. The third-order valence-corrected chi connectivity index (χ3v) is 23.9. The van der Waals surface area contributed by atoms with Gasteiger partial charge in [0.25, 0.3) is 0 Å². The van der Waals surface area contributed by atoms with Crippen molar-refractivity contribution in [3.05, 3.63) is 412 Å². The Morgan fingerprint density at radius 1 is 0.216 bits per heavy atom. The first-order chi connectivity index (χ1) is 67.4. The number of aromatic nitrogens is 15. The lowest BCUT2D eigenvalue weighted by Gasteiger charge is -2.32. The van der Waals surface area contributed by atoms with Crippen molar-refractivity contribution in [2.24, 2.45) is 0 Å². The minimum atomic E-state index is -1.46. The number of benzene rings is 15. The molecule has 0 aliphatic carbocycles. The largest absolute Gasteiger partial charge is 0.494 e. The number of furan rings is 3. The molecule has 2 N–H and O–H groups in total. The lowest BCUT2D eigenvalue weighted by molar-refractivity contribution is 0.00578. The molecule has 0 bridgehead atoms. The van der Waals surface area contributed by atoms with Gasteiger partial charge >= 0.3 is 14.2 Å². The van der Waals surface area contributed by atoms with E-state index in [-0.39, 0.29) is 23.3 Å². The Morgan fingerprint density at radius 3 is 0.755 bits per heavy atom. The number of hydrogen-bond donors (Lipinski definition) is 2. The summed E-state index contributed by atoms with van der Waals surface area (Å²) in [7, 11) is -1.91. The Hall–Kier alpha value is -16.4. The van der Waals surface area contributed by atoms with Gasteiger partial charge in [0.05, 0.1) is 11.2 Å². The first-order valence-corrected chi connectivity index (χ1v) is 45.3. The fraction of sp³-hybridized carbons (Fsp3) is 0.0536. The molecule has 15 aromatic carbocycles. The van der Waals surface area contributed by atoms with Gasteiger partial charge in [-0.15, -0.1) is 0 Å². The number of para-hydroxylation sites is 3. The summed E-state index contributed by atoms with van der Waals surface area (Å²) in [6, 6.07) is 126. The zero-order valence-corrected chi connectivity index (χ0v) is 77.7. The van der Waals surface area contributed by atoms with Crippen molar-refractivity contribution < 1.29 is 32.6 Å². The van der Waals surface area contributed by atoms with Gasteiger partial charge in [0.1, 0.15) is 33.5 Å². The molecule has 674 valence electrons. The maximum Gasteiger partial charge on any atom is 0.494 e. The van der Waals surface area contributed by atoms with Gasteiger partial charge in [-0.05, 0) is 128 Å². The van der Waals surface area contributed by atoms with Crippen LogP contribution < -0.4 is 10.9 Å². The lowest BCUT2D eigenvalue weighted by atomic mass is 9.78. The summed E-state index contributed by atoms with van der Waals surface area (Å²) in [5.74, 6) is 6.87. The van der Waals surface area contributed by atoms with Crippen LogP contribution >= 0.6 is 34.8 Å². The molecule has 27 heteroatoms. The smallest absolute Gasteiger partial charge is 0.456 e. The van der Waals surface area contributed by atoms with Gasteiger partial charge in [-0.1, -0.05) is 334 Å². The second kappa shape index (κ2) is 40.6. The summed E-state index contributed by atoms with van der Waals surface area (Å²) in [4.78, 5) is 68.7. The average Bonchev–Trinajstić information content (AvgIpc) is 1.83. The highest BCUT2D eigenvalue weighted by Crippen LogP contribution is 2.40. The van der Waals surface area contributed by atoms with Crippen LogP contribution in [-0.2, 0) is 9.31 Å². The van der Waals surface area contributed by atoms with Crippen LogP contribution in [-0.4, -0.2) is 110 Å². The van der Waals surface area contributed by atoms with Crippen LogP contribution in [0.1, 0.15) is 27.7 Å². The summed E-state index contributed by atoms with van der Waals surface area (Å²) >= 11 is 17.5. The highest BCUT2D eigenvalue weighted by molar-refractivity contribution is 6.62. The summed E-state index contributed by atoms with van der Waals surface area (Å²) in [5.41, 5.74) is 15.9. The van der Waals surface area contributed by atoms with Crippen molar-refractivity contribution in [2.75, 3.05) is 0 Å². The second-order valence-corrected chi connectivity index (χ2v) is 34.1. The molecule has 0 saturated carbocycles. The van der Waals surface area contributed by atoms with Gasteiger partial charge < -0.3 is 40.0 Å². The molecule has 0 spiro atoms. The maximum atomic E-state index is 9.07. The standard InChI is InChI=1S/C42H26N6O.C27H26BN3O2.C21H12ClN3O.C12H9BO3.C9H5Cl2N3.CH3/c1-4-13-27(14-5-1)37-43-38(28-15-6-2-7-16-28)45-40(44-37)30-19-12-20-31(25-30)41-46-39(29-17-8-3-9-18-29)47-42(48-41)32-23-24-34-33-21-10-11-22-35(33)49-36(34)26-32;1-26(2)27(3,4)33-28(32-26)22-17-11-16-21(18-22)25-30-23(19-12-7-5-8-13-19)29-24(31-25)20-14-9-6-10-15-20;22-21-24-19(13-6-2-1-3-7-13)23-20(25-21)14-10-11-16-15-8-4-5-9-17(15)26-18(16)12-14;14-13(15)8-5-6-10-9-3-1-2-4-11(9)16-12(10)7-8;10-8-12-7(13-9(11)14-8)6-4-2-1-3-5-6;/h1-26H;5-18H,1-4H3;1-12H;1-7,14-15H;1-5H;1H3/q;;;;;-1. The van der Waals surface area contributed by atoms with Crippen LogP contribution in [0.25, 0.3) is 202 Å². The molecule has 1 aliphatic heterocycles. The van der Waals surface area contributed by atoms with Crippen molar-refractivity contribution in [3.8, 4) is 137 Å². The molecule has 0 unspecified atom stereocenters. The molecular formula is C112H81B2Cl3N15O7-. The van der Waals surface area contributed by atoms with Crippen molar-refractivity contribution in [1.82, 2.24) is 74.8 Å². The Bertz CT molecular complexity index is 8190. The molecule has 1 aliphatic rings. The highest BCUT2D eigenvalue weighted by atomic mass is 35.5. The molecule has 0 radical (unpaired) electrons. The predicted octanol–water partition coefficient (Wildman–Crippen LogP) is 25.4. The molecule has 8 aromatic heterocycles. The van der Waals surface area contributed by atoms with Crippen LogP contribution in [0.2, 0.25) is 15.9 Å². The molecule has 24 rings (SSSR count). The van der Waals surface area contributed by atoms with E-state index in [1.807, 2.05) is 364 Å². The molecule has 1 saturated heterocycles. The summed E-state index contributed by atoms with van der Waals surface area (Å²) < 4.78 is 30.3. The summed E-state index contributed by atoms with van der Waals surface area (Å²) in [6.45, 7) is 8.23. The molecule has 23 aromatic rings. The van der Waals surface area contributed by atoms with Gasteiger partial charge in [-0.25, -0.2) is 49.8 Å². The van der Waals surface area contributed by atoms with Crippen LogP contribution in [0.5, 0.6) is 0 Å². The highest BCUT2D eigenvalue weighted by Gasteiger charge is 2.52. The zero-order chi connectivity index (χ0) is 94.2. The number of nitrogens with zero attached hydrogens (tertiary/aromatic N) is 15. The second-order valence-electron chi connectivity index (χ2n) is 33.1. The Kier molecular flexibility index (Phi) is 26.8. The normalized spacial score (nSPS) is 12.3. The van der Waals surface area contributed by atoms with Crippen molar-refractivity contribution >= 4 is 126 Å². The number of halogens is 3. The maximum absolute atomic E-state index is 9.07. The first kappa shape index (κ1) is 91.7. The van der Waals surface area contributed by atoms with Crippen LogP contribution in [0.15, 0.2) is 401 Å². The third kappa shape index (κ3) is 20.6. The van der Waals surface area contributed by atoms with E-state index in [4.69, 9.17) is 112 Å². The number of rotatable bonds is 14. The van der Waals surface area contributed by atoms with Gasteiger partial charge in [-0.3, -0.25) is 0 Å². The SMILES string of the molecule is CC1(C)OB(c2cccc(-c3nc(-c4ccccc4)nc(-c4ccccc4)n3)c2)OC1(C)C.Clc1nc(-c2ccccc2)nc(-c2ccc3c(c2)oc2ccccc23)n1.Clc1nc(Cl)nc(-c2ccccc2)n1.OB(O)c1ccc2c(c1)oc1ccccc12.[CH3-].c1ccc(-c2nc(-c3ccccc3)nc(-c3cccc(-c4nc(-c5ccccc5)nc(-c5ccc6c(c5)oc5ccccc56)n4)c3)n2)cc1. The van der Waals surface area contributed by atoms with Crippen molar-refractivity contribution in [1.29, 1.82) is 0 Å². The van der Waals surface area contributed by atoms with E-state index in [1.54, 1.807) is 12.1 Å². The van der Waals surface area contributed by atoms with Crippen LogP contribution in [0, 0.1) is 7.43 Å². The molecule has 22 nitrogen and oxygen atoms in total. The van der Waals surface area contributed by atoms with Gasteiger partial charge in [-0.2, -0.15) is 24.9 Å². The summed E-state index contributed by atoms with van der Waals surface area (Å²) in [5, 5.41) is 24.8. The lowest BCUT2D eigenvalue weighted by Crippen LogP contribution is -2.41. The van der Waals surface area contributed by atoms with Crippen molar-refractivity contribution in [3.63, 3.8) is 0 Å². The fourth-order valence-corrected chi connectivity index (χ4v) is 16.2. The van der Waals surface area contributed by atoms with Crippen molar-refractivity contribution in [2.45, 2.75) is 38.9 Å². The Labute approximate surface area is 814 Å². The van der Waals surface area contributed by atoms with E-state index in [1.165, 1.54) is 0 Å². The minimum absolute atomic E-state index is 0. The summed E-state index contributed by atoms with van der Waals surface area (Å²) in [6.07, 6.45) is 0. The molecular weight excluding hydrogens is 1800 g/mol. The zero-order valence-electron chi connectivity index (χ0n) is 75.4. The topological polar surface area (TPSA) is 292 Å². The van der Waals surface area contributed by atoms with E-state index in [0.717, 1.165) is 132 Å². The van der Waals surface area contributed by atoms with E-state index < -0.39 is 25.4 Å². The van der Waals surface area contributed by atoms with Gasteiger partial charge in [0.2, 0.25) is 15.9 Å². The molecule has 0 atom stereocenters. The van der Waals surface area contributed by atoms with Gasteiger partial charge in [0, 0.05) is 99.1 Å². The Balaban J connectivity index is 0.000000119. The van der Waals surface area contributed by atoms with E-state index in [2.05, 4.69) is 69.7 Å². The minimum Gasteiger partial charge on any atom is -0.456 e. The quantitative estimate of drug-likeness (QED) is 0.0755. The average molecular weight is 1880 g/mol. The number of hydrogen-bond acceptors (Lipinski definition) is 22. The van der Waals surface area contributed by atoms with Gasteiger partial charge in [0.15, 0.2) is 69.9 Å². The number of fused-ring (bicyclic) bond motifs is 9. The van der Waals surface area contributed by atoms with E-state index in [9.17, 15) is 0 Å². The molecule has 1 fully saturated rings. The third-order valence-electron chi connectivity index (χ3n) is 23.3. The predicted molar refractivity (Wildman–Crippen MR) is 553 cm³/mol. The fourth-order valence-electron chi connectivity index (χ4n) is 15.7. The van der Waals surface area contributed by atoms with Crippen LogP contribution in [0.4, 0.5) is 0 Å². The van der Waals surface area contributed by atoms with E-state index >= 15 is 0 Å². The monoisotopic (exact) mass is 1870 g/mol. The van der Waals surface area contributed by atoms with Crippen LogP contribution in [0.3, 0.4) is 0 Å². The molecule has 9 heterocycles. The van der Waals surface area contributed by atoms with E-state index in [0.29, 0.717) is 80.9 Å². The first-order valence-electron chi connectivity index (χ1n) is 44.2. The molecule has 0 amide bonds. The molecule has 139 heavy (non-hydrogen) atoms.